The van der Waals surface area contributed by atoms with Crippen molar-refractivity contribution in [2.24, 2.45) is 0 Å². The van der Waals surface area contributed by atoms with Crippen LogP contribution in [0.3, 0.4) is 0 Å². The van der Waals surface area contributed by atoms with Gasteiger partial charge in [-0.25, -0.2) is 4.98 Å². The number of ether oxygens (including phenoxy) is 1. The second-order valence-electron chi connectivity index (χ2n) is 5.05. The molecule has 9 heteroatoms. The van der Waals surface area contributed by atoms with Crippen LogP contribution in [0.5, 0.6) is 5.88 Å². The number of nitrogens with zero attached hydrogens (tertiary/aromatic N) is 3. The fraction of sp³-hybridized carbons (Fsp3) is 0.267. The molecule has 0 saturated heterocycles. The van der Waals surface area contributed by atoms with Crippen LogP contribution in [0, 0.1) is 0 Å². The molecule has 2 aromatic heterocycles. The van der Waals surface area contributed by atoms with Crippen LogP contribution in [0.4, 0.5) is 24.5 Å². The van der Waals surface area contributed by atoms with Crippen LogP contribution in [0.1, 0.15) is 10.5 Å². The number of halogens is 3. The van der Waals surface area contributed by atoms with Crippen molar-refractivity contribution in [3.8, 4) is 5.88 Å². The molecule has 1 amide bonds. The standard InChI is InChI=1S/C15H15F3N4O2/c1-22(2)11-6-10(7-19-8-11)20-14(23)12-4-3-5-13(21-12)24-9-15(16,17)18/h3-8H,9H2,1-2H3,(H,20,23). The molecule has 128 valence electrons. The van der Waals surface area contributed by atoms with Crippen LogP contribution in [0.15, 0.2) is 36.7 Å². The third kappa shape index (κ3) is 5.11. The first-order chi connectivity index (χ1) is 11.2. The van der Waals surface area contributed by atoms with E-state index in [0.717, 1.165) is 5.69 Å². The Labute approximate surface area is 136 Å². The van der Waals surface area contributed by atoms with Gasteiger partial charge in [0, 0.05) is 20.2 Å². The van der Waals surface area contributed by atoms with Crippen LogP contribution >= 0.6 is 0 Å². The Morgan fingerprint density at radius 1 is 1.29 bits per heavy atom. The molecule has 0 aliphatic carbocycles. The number of rotatable bonds is 5. The average Bonchev–Trinajstić information content (AvgIpc) is 2.53. The van der Waals surface area contributed by atoms with E-state index in [1.807, 2.05) is 19.0 Å². The summed E-state index contributed by atoms with van der Waals surface area (Å²) in [6.07, 6.45) is -1.40. The minimum atomic E-state index is -4.47. The van der Waals surface area contributed by atoms with Crippen LogP contribution in [0.2, 0.25) is 0 Å². The molecule has 2 aromatic rings. The minimum absolute atomic E-state index is 0.0649. The molecule has 0 radical (unpaired) electrons. The Kier molecular flexibility index (Phi) is 5.22. The van der Waals surface area contributed by atoms with E-state index < -0.39 is 18.7 Å². The lowest BCUT2D eigenvalue weighted by atomic mass is 10.3. The first-order valence-electron chi connectivity index (χ1n) is 6.85. The van der Waals surface area contributed by atoms with Crippen molar-refractivity contribution in [1.82, 2.24) is 9.97 Å². The second-order valence-corrected chi connectivity index (χ2v) is 5.05. The lowest BCUT2D eigenvalue weighted by molar-refractivity contribution is -0.154. The number of nitrogens with one attached hydrogen (secondary N) is 1. The molecule has 2 heterocycles. The Morgan fingerprint density at radius 2 is 2.04 bits per heavy atom. The summed E-state index contributed by atoms with van der Waals surface area (Å²) in [6.45, 7) is -1.47. The summed E-state index contributed by atoms with van der Waals surface area (Å²) in [5, 5.41) is 2.58. The van der Waals surface area contributed by atoms with Crippen molar-refractivity contribution in [2.75, 3.05) is 30.9 Å². The van der Waals surface area contributed by atoms with E-state index in [4.69, 9.17) is 0 Å². The first-order valence-corrected chi connectivity index (χ1v) is 6.85. The van der Waals surface area contributed by atoms with Gasteiger partial charge in [0.05, 0.1) is 23.8 Å². The molecular formula is C15H15F3N4O2. The number of anilines is 2. The highest BCUT2D eigenvalue weighted by Gasteiger charge is 2.28. The van der Waals surface area contributed by atoms with Crippen LogP contribution < -0.4 is 15.0 Å². The summed E-state index contributed by atoms with van der Waals surface area (Å²) >= 11 is 0. The zero-order valence-electron chi connectivity index (χ0n) is 13.0. The fourth-order valence-corrected chi connectivity index (χ4v) is 1.71. The first kappa shape index (κ1) is 17.5. The molecule has 1 N–H and O–H groups in total. The smallest absolute Gasteiger partial charge is 0.422 e. The maximum Gasteiger partial charge on any atom is 0.422 e. The largest absolute Gasteiger partial charge is 0.468 e. The van der Waals surface area contributed by atoms with Gasteiger partial charge in [-0.2, -0.15) is 13.2 Å². The molecule has 0 aliphatic heterocycles. The topological polar surface area (TPSA) is 67.4 Å². The van der Waals surface area contributed by atoms with Gasteiger partial charge in [-0.05, 0) is 12.1 Å². The van der Waals surface area contributed by atoms with Gasteiger partial charge in [0.25, 0.3) is 5.91 Å². The molecule has 0 saturated carbocycles. The number of pyridine rings is 2. The van der Waals surface area contributed by atoms with Crippen molar-refractivity contribution >= 4 is 17.3 Å². The van der Waals surface area contributed by atoms with Gasteiger partial charge in [-0.3, -0.25) is 9.78 Å². The molecular weight excluding hydrogens is 325 g/mol. The molecule has 0 spiro atoms. The molecule has 24 heavy (non-hydrogen) atoms. The molecule has 0 atom stereocenters. The van der Waals surface area contributed by atoms with E-state index in [-0.39, 0.29) is 11.6 Å². The third-order valence-corrected chi connectivity index (χ3v) is 2.84. The summed E-state index contributed by atoms with van der Waals surface area (Å²) in [5.74, 6) is -0.856. The summed E-state index contributed by atoms with van der Waals surface area (Å²) in [7, 11) is 3.65. The highest BCUT2D eigenvalue weighted by molar-refractivity contribution is 6.03. The van der Waals surface area contributed by atoms with Gasteiger partial charge < -0.3 is 15.0 Å². The zero-order chi connectivity index (χ0) is 17.7. The van der Waals surface area contributed by atoms with E-state index in [1.165, 1.54) is 24.4 Å². The minimum Gasteiger partial charge on any atom is -0.468 e. The molecule has 0 unspecified atom stereocenters. The Bertz CT molecular complexity index is 720. The normalized spacial score (nSPS) is 11.0. The Balaban J connectivity index is 2.08. The highest BCUT2D eigenvalue weighted by atomic mass is 19.4. The van der Waals surface area contributed by atoms with E-state index in [2.05, 4.69) is 20.0 Å². The van der Waals surface area contributed by atoms with E-state index in [9.17, 15) is 18.0 Å². The predicted octanol–water partition coefficient (Wildman–Crippen LogP) is 2.74. The van der Waals surface area contributed by atoms with Gasteiger partial charge in [-0.15, -0.1) is 0 Å². The summed E-state index contributed by atoms with van der Waals surface area (Å²) in [5.41, 5.74) is 1.16. The van der Waals surface area contributed by atoms with Crippen molar-refractivity contribution in [3.63, 3.8) is 0 Å². The quantitative estimate of drug-likeness (QED) is 0.906. The van der Waals surface area contributed by atoms with E-state index in [1.54, 1.807) is 12.3 Å². The maximum atomic E-state index is 12.2. The van der Waals surface area contributed by atoms with Gasteiger partial charge in [-0.1, -0.05) is 6.07 Å². The van der Waals surface area contributed by atoms with Crippen molar-refractivity contribution in [2.45, 2.75) is 6.18 Å². The van der Waals surface area contributed by atoms with E-state index >= 15 is 0 Å². The number of alkyl halides is 3. The lowest BCUT2D eigenvalue weighted by Gasteiger charge is -2.13. The lowest BCUT2D eigenvalue weighted by Crippen LogP contribution is -2.20. The van der Waals surface area contributed by atoms with Crippen molar-refractivity contribution in [1.29, 1.82) is 0 Å². The zero-order valence-corrected chi connectivity index (χ0v) is 13.0. The molecule has 0 bridgehead atoms. The number of aromatic nitrogens is 2. The summed E-state index contributed by atoms with van der Waals surface area (Å²) in [4.78, 5) is 21.7. The Hall–Kier alpha value is -2.84. The van der Waals surface area contributed by atoms with Gasteiger partial charge in [0.15, 0.2) is 6.61 Å². The number of hydrogen-bond donors (Lipinski definition) is 1. The van der Waals surface area contributed by atoms with Crippen LogP contribution in [0.25, 0.3) is 0 Å². The van der Waals surface area contributed by atoms with Gasteiger partial charge in [0.2, 0.25) is 5.88 Å². The number of carbonyl (C=O) groups excluding carboxylic acids is 1. The number of carbonyl (C=O) groups is 1. The third-order valence-electron chi connectivity index (χ3n) is 2.84. The fourth-order valence-electron chi connectivity index (χ4n) is 1.71. The SMILES string of the molecule is CN(C)c1cncc(NC(=O)c2cccc(OCC(F)(F)F)n2)c1. The van der Waals surface area contributed by atoms with E-state index in [0.29, 0.717) is 5.69 Å². The molecule has 2 rings (SSSR count). The molecule has 0 fully saturated rings. The average molecular weight is 340 g/mol. The molecule has 6 nitrogen and oxygen atoms in total. The van der Waals surface area contributed by atoms with Gasteiger partial charge >= 0.3 is 6.18 Å². The summed E-state index contributed by atoms with van der Waals surface area (Å²) < 4.78 is 41.0. The Morgan fingerprint density at radius 3 is 2.71 bits per heavy atom. The highest BCUT2D eigenvalue weighted by Crippen LogP contribution is 2.18. The van der Waals surface area contributed by atoms with Crippen molar-refractivity contribution < 1.29 is 22.7 Å². The predicted molar refractivity (Wildman–Crippen MR) is 82.3 cm³/mol. The summed E-state index contributed by atoms with van der Waals surface area (Å²) in [6, 6.07) is 5.72. The monoisotopic (exact) mass is 340 g/mol. The number of hydrogen-bond acceptors (Lipinski definition) is 5. The van der Waals surface area contributed by atoms with Gasteiger partial charge in [0.1, 0.15) is 5.69 Å². The maximum absolute atomic E-state index is 12.2. The van der Waals surface area contributed by atoms with Crippen molar-refractivity contribution in [3.05, 3.63) is 42.4 Å². The van der Waals surface area contributed by atoms with Crippen LogP contribution in [-0.4, -0.2) is 42.8 Å². The molecule has 0 aromatic carbocycles. The number of amides is 1. The second kappa shape index (κ2) is 7.16. The van der Waals surface area contributed by atoms with Crippen LogP contribution in [-0.2, 0) is 0 Å². The molecule has 0 aliphatic rings.